The van der Waals surface area contributed by atoms with Gasteiger partial charge < -0.3 is 5.11 Å². The van der Waals surface area contributed by atoms with Crippen molar-refractivity contribution in [2.24, 2.45) is 0 Å². The topological polar surface area (TPSA) is 97.1 Å². The summed E-state index contributed by atoms with van der Waals surface area (Å²) in [5, 5.41) is 12.6. The third-order valence-corrected chi connectivity index (χ3v) is 5.13. The van der Waals surface area contributed by atoms with Crippen LogP contribution in [0, 0.1) is 0 Å². The number of pyridine rings is 1. The molecular formula is C22H18N4O3S. The molecule has 0 aliphatic carbocycles. The van der Waals surface area contributed by atoms with Gasteiger partial charge in [-0.1, -0.05) is 48.2 Å². The summed E-state index contributed by atoms with van der Waals surface area (Å²) in [6, 6.07) is 18.3. The molecule has 0 aliphatic rings. The SMILES string of the molecule is CSc1ncc2cc(Cc3ccccc3)c(=O)n(-c3cccc(NC(=O)O)c3)c2n1. The summed E-state index contributed by atoms with van der Waals surface area (Å²) in [5.74, 6) is 0. The number of benzene rings is 2. The smallest absolute Gasteiger partial charge is 0.409 e. The maximum atomic E-state index is 13.5. The van der Waals surface area contributed by atoms with E-state index in [4.69, 9.17) is 5.11 Å². The first kappa shape index (κ1) is 19.7. The molecule has 0 saturated heterocycles. The number of anilines is 1. The van der Waals surface area contributed by atoms with Gasteiger partial charge in [-0.25, -0.2) is 14.8 Å². The van der Waals surface area contributed by atoms with Crippen LogP contribution in [-0.4, -0.2) is 32.0 Å². The molecule has 4 aromatic rings. The first-order valence-electron chi connectivity index (χ1n) is 9.15. The number of carbonyl (C=O) groups is 1. The van der Waals surface area contributed by atoms with Gasteiger partial charge in [0, 0.05) is 29.3 Å². The molecule has 30 heavy (non-hydrogen) atoms. The van der Waals surface area contributed by atoms with E-state index < -0.39 is 6.09 Å². The minimum Gasteiger partial charge on any atom is -0.465 e. The van der Waals surface area contributed by atoms with Gasteiger partial charge in [0.15, 0.2) is 10.8 Å². The number of aromatic nitrogens is 3. The van der Waals surface area contributed by atoms with Crippen LogP contribution in [-0.2, 0) is 6.42 Å². The van der Waals surface area contributed by atoms with Crippen LogP contribution in [0.15, 0.2) is 76.8 Å². The van der Waals surface area contributed by atoms with Crippen molar-refractivity contribution in [1.29, 1.82) is 0 Å². The van der Waals surface area contributed by atoms with E-state index in [0.717, 1.165) is 10.9 Å². The Morgan fingerprint density at radius 1 is 1.13 bits per heavy atom. The predicted molar refractivity (Wildman–Crippen MR) is 118 cm³/mol. The molecule has 0 aliphatic heterocycles. The second-order valence-electron chi connectivity index (χ2n) is 6.59. The summed E-state index contributed by atoms with van der Waals surface area (Å²) in [7, 11) is 0. The number of nitrogens with zero attached hydrogens (tertiary/aromatic N) is 3. The lowest BCUT2D eigenvalue weighted by molar-refractivity contribution is 0.210. The maximum Gasteiger partial charge on any atom is 0.409 e. The average Bonchev–Trinajstić information content (AvgIpc) is 2.74. The predicted octanol–water partition coefficient (Wildman–Crippen LogP) is 4.18. The zero-order valence-electron chi connectivity index (χ0n) is 16.1. The summed E-state index contributed by atoms with van der Waals surface area (Å²) < 4.78 is 1.52. The molecule has 2 heterocycles. The van der Waals surface area contributed by atoms with Crippen molar-refractivity contribution in [2.45, 2.75) is 11.6 Å². The van der Waals surface area contributed by atoms with Gasteiger partial charge in [0.25, 0.3) is 5.56 Å². The van der Waals surface area contributed by atoms with Crippen LogP contribution in [0.5, 0.6) is 0 Å². The second-order valence-corrected chi connectivity index (χ2v) is 7.36. The lowest BCUT2D eigenvalue weighted by atomic mass is 10.1. The Balaban J connectivity index is 1.94. The van der Waals surface area contributed by atoms with Crippen LogP contribution in [0.1, 0.15) is 11.1 Å². The molecule has 0 bridgehead atoms. The number of amides is 1. The maximum absolute atomic E-state index is 13.5. The van der Waals surface area contributed by atoms with E-state index >= 15 is 0 Å². The van der Waals surface area contributed by atoms with Crippen molar-refractivity contribution in [3.8, 4) is 5.69 Å². The van der Waals surface area contributed by atoms with Gasteiger partial charge in [-0.05, 0) is 36.1 Å². The highest BCUT2D eigenvalue weighted by Gasteiger charge is 2.14. The van der Waals surface area contributed by atoms with E-state index in [1.54, 1.807) is 30.5 Å². The fourth-order valence-electron chi connectivity index (χ4n) is 3.26. The molecule has 0 saturated carbocycles. The van der Waals surface area contributed by atoms with Crippen LogP contribution in [0.3, 0.4) is 0 Å². The van der Waals surface area contributed by atoms with Crippen molar-refractivity contribution < 1.29 is 9.90 Å². The van der Waals surface area contributed by atoms with Gasteiger partial charge in [0.2, 0.25) is 0 Å². The fraction of sp³-hybridized carbons (Fsp3) is 0.0909. The number of fused-ring (bicyclic) bond motifs is 1. The number of rotatable bonds is 5. The Labute approximate surface area is 176 Å². The summed E-state index contributed by atoms with van der Waals surface area (Å²) in [6.45, 7) is 0. The molecule has 7 nitrogen and oxygen atoms in total. The number of nitrogens with one attached hydrogen (secondary N) is 1. The van der Waals surface area contributed by atoms with Gasteiger partial charge in [0.1, 0.15) is 0 Å². The molecule has 0 radical (unpaired) electrons. The third kappa shape index (κ3) is 4.04. The molecule has 1 amide bonds. The van der Waals surface area contributed by atoms with Crippen LogP contribution < -0.4 is 10.9 Å². The summed E-state index contributed by atoms with van der Waals surface area (Å²) >= 11 is 1.38. The average molecular weight is 418 g/mol. The zero-order chi connectivity index (χ0) is 21.1. The van der Waals surface area contributed by atoms with Gasteiger partial charge in [-0.15, -0.1) is 0 Å². The number of thioether (sulfide) groups is 1. The van der Waals surface area contributed by atoms with Crippen LogP contribution in [0.2, 0.25) is 0 Å². The molecule has 2 N–H and O–H groups in total. The van der Waals surface area contributed by atoms with E-state index in [-0.39, 0.29) is 5.56 Å². The fourth-order valence-corrected chi connectivity index (χ4v) is 3.60. The van der Waals surface area contributed by atoms with Crippen molar-refractivity contribution in [2.75, 3.05) is 11.6 Å². The van der Waals surface area contributed by atoms with E-state index in [2.05, 4.69) is 15.3 Å². The molecule has 0 atom stereocenters. The minimum absolute atomic E-state index is 0.204. The Morgan fingerprint density at radius 2 is 1.93 bits per heavy atom. The molecule has 4 rings (SSSR count). The lowest BCUT2D eigenvalue weighted by Crippen LogP contribution is -2.24. The quantitative estimate of drug-likeness (QED) is 0.373. The normalized spacial score (nSPS) is 10.8. The highest BCUT2D eigenvalue weighted by atomic mass is 32.2. The third-order valence-electron chi connectivity index (χ3n) is 4.57. The van der Waals surface area contributed by atoms with Crippen LogP contribution in [0.4, 0.5) is 10.5 Å². The lowest BCUT2D eigenvalue weighted by Gasteiger charge is -2.14. The van der Waals surface area contributed by atoms with E-state index in [0.29, 0.717) is 34.2 Å². The minimum atomic E-state index is -1.17. The Hall–Kier alpha value is -3.65. The van der Waals surface area contributed by atoms with Crippen molar-refractivity contribution >= 4 is 34.6 Å². The highest BCUT2D eigenvalue weighted by Crippen LogP contribution is 2.21. The highest BCUT2D eigenvalue weighted by molar-refractivity contribution is 7.98. The van der Waals surface area contributed by atoms with E-state index in [1.165, 1.54) is 16.3 Å². The number of carboxylic acid groups (broad SMARTS) is 1. The molecular weight excluding hydrogens is 400 g/mol. The zero-order valence-corrected chi connectivity index (χ0v) is 16.9. The molecule has 2 aromatic heterocycles. The van der Waals surface area contributed by atoms with Crippen molar-refractivity contribution in [1.82, 2.24) is 14.5 Å². The van der Waals surface area contributed by atoms with Crippen molar-refractivity contribution in [3.05, 3.63) is 88.3 Å². The monoisotopic (exact) mass is 418 g/mol. The molecule has 150 valence electrons. The summed E-state index contributed by atoms with van der Waals surface area (Å²) in [5.41, 5.74) is 2.78. The van der Waals surface area contributed by atoms with Gasteiger partial charge in [0.05, 0.1) is 5.69 Å². The summed E-state index contributed by atoms with van der Waals surface area (Å²) in [4.78, 5) is 33.4. The van der Waals surface area contributed by atoms with Gasteiger partial charge in [-0.3, -0.25) is 14.7 Å². The first-order chi connectivity index (χ1) is 14.5. The Bertz CT molecular complexity index is 1290. The Morgan fingerprint density at radius 3 is 2.67 bits per heavy atom. The van der Waals surface area contributed by atoms with E-state index in [1.807, 2.05) is 42.7 Å². The van der Waals surface area contributed by atoms with Crippen LogP contribution >= 0.6 is 11.8 Å². The number of hydrogen-bond donors (Lipinski definition) is 2. The van der Waals surface area contributed by atoms with E-state index in [9.17, 15) is 9.59 Å². The van der Waals surface area contributed by atoms with Gasteiger partial charge in [-0.2, -0.15) is 0 Å². The van der Waals surface area contributed by atoms with Crippen LogP contribution in [0.25, 0.3) is 16.7 Å². The number of hydrogen-bond acceptors (Lipinski definition) is 5. The standard InChI is InChI=1S/C22H18N4O3S/c1-30-21-23-13-16-11-15(10-14-6-3-2-4-7-14)20(27)26(19(16)25-21)18-9-5-8-17(12-18)24-22(28)29/h2-9,11-13,24H,10H2,1H3,(H,28,29). The molecule has 0 fully saturated rings. The molecule has 8 heteroatoms. The molecule has 0 spiro atoms. The largest absolute Gasteiger partial charge is 0.465 e. The van der Waals surface area contributed by atoms with Gasteiger partial charge >= 0.3 is 6.09 Å². The van der Waals surface area contributed by atoms with Crippen molar-refractivity contribution in [3.63, 3.8) is 0 Å². The molecule has 0 unspecified atom stereocenters. The first-order valence-corrected chi connectivity index (χ1v) is 10.4. The summed E-state index contributed by atoms with van der Waals surface area (Å²) in [6.07, 6.45) is 2.87. The second kappa shape index (κ2) is 8.38. The Kier molecular flexibility index (Phi) is 5.49. The molecule has 2 aromatic carbocycles.